The van der Waals surface area contributed by atoms with Crippen molar-refractivity contribution in [1.82, 2.24) is 19.5 Å². The van der Waals surface area contributed by atoms with Crippen LogP contribution in [-0.4, -0.2) is 25.6 Å². The first-order valence-corrected chi connectivity index (χ1v) is 7.32. The van der Waals surface area contributed by atoms with Crippen LogP contribution in [0.4, 0.5) is 5.95 Å². The van der Waals surface area contributed by atoms with E-state index >= 15 is 0 Å². The minimum absolute atomic E-state index is 0.0249. The molecule has 4 rings (SSSR count). The van der Waals surface area contributed by atoms with E-state index in [4.69, 9.17) is 22.1 Å². The van der Waals surface area contributed by atoms with Gasteiger partial charge in [-0.15, -0.1) is 0 Å². The number of nitrogens with two attached hydrogens (primary N) is 1. The Morgan fingerprint density at radius 1 is 1.40 bits per heavy atom. The number of nitrogen functional groups attached to an aromatic ring is 1. The molecule has 0 aromatic carbocycles. The predicted molar refractivity (Wildman–Crippen MR) is 75.2 cm³/mol. The first-order chi connectivity index (χ1) is 9.63. The highest BCUT2D eigenvalue weighted by Gasteiger charge is 2.43. The Bertz CT molecular complexity index is 672. The van der Waals surface area contributed by atoms with Crippen molar-refractivity contribution >= 4 is 28.7 Å². The van der Waals surface area contributed by atoms with Gasteiger partial charge in [-0.3, -0.25) is 4.57 Å². The lowest BCUT2D eigenvalue weighted by Crippen LogP contribution is -2.17. The number of halogens is 1. The van der Waals surface area contributed by atoms with Gasteiger partial charge in [-0.2, -0.15) is 9.97 Å². The number of anilines is 1. The zero-order valence-corrected chi connectivity index (χ0v) is 11.9. The number of fused-ring (bicyclic) bond motifs is 2. The minimum atomic E-state index is -0.0249. The van der Waals surface area contributed by atoms with E-state index in [9.17, 15) is 0 Å². The third kappa shape index (κ3) is 1.71. The van der Waals surface area contributed by atoms with Crippen molar-refractivity contribution in [3.63, 3.8) is 0 Å². The summed E-state index contributed by atoms with van der Waals surface area (Å²) in [5.74, 6) is 1.43. The Morgan fingerprint density at radius 3 is 3.05 bits per heavy atom. The van der Waals surface area contributed by atoms with E-state index in [2.05, 4.69) is 21.9 Å². The summed E-state index contributed by atoms with van der Waals surface area (Å²) < 4.78 is 8.14. The van der Waals surface area contributed by atoms with E-state index in [1.807, 2.05) is 4.57 Å². The number of nitrogens with zero attached hydrogens (tertiary/aromatic N) is 4. The van der Waals surface area contributed by atoms with Gasteiger partial charge in [0.05, 0.1) is 12.4 Å². The van der Waals surface area contributed by atoms with E-state index < -0.39 is 0 Å². The number of rotatable bonds is 1. The average molecular weight is 294 g/mol. The van der Waals surface area contributed by atoms with E-state index in [-0.39, 0.29) is 17.3 Å². The number of hydrogen-bond donors (Lipinski definition) is 1. The fourth-order valence-electron chi connectivity index (χ4n) is 3.55. The number of hydrogen-bond acceptors (Lipinski definition) is 5. The lowest BCUT2D eigenvalue weighted by Gasteiger charge is -2.17. The van der Waals surface area contributed by atoms with Crippen molar-refractivity contribution in [3.05, 3.63) is 11.5 Å². The van der Waals surface area contributed by atoms with Gasteiger partial charge in [-0.05, 0) is 31.1 Å². The summed E-state index contributed by atoms with van der Waals surface area (Å²) in [5.41, 5.74) is 6.91. The molecule has 3 unspecified atom stereocenters. The second kappa shape index (κ2) is 4.30. The van der Waals surface area contributed by atoms with Crippen LogP contribution in [-0.2, 0) is 4.74 Å². The van der Waals surface area contributed by atoms with Crippen LogP contribution < -0.4 is 5.73 Å². The van der Waals surface area contributed by atoms with Crippen LogP contribution in [0.5, 0.6) is 0 Å². The van der Waals surface area contributed by atoms with Gasteiger partial charge in [0.1, 0.15) is 11.7 Å². The lowest BCUT2D eigenvalue weighted by atomic mass is 10.0. The SMILES string of the molecule is CC1CC[C@@H]2CC(n3cnc4c(Cl)nc(N)nc43)OC12. The quantitative estimate of drug-likeness (QED) is 0.817. The highest BCUT2D eigenvalue weighted by atomic mass is 35.5. The second-order valence-electron chi connectivity index (χ2n) is 5.80. The first-order valence-electron chi connectivity index (χ1n) is 6.94. The Kier molecular flexibility index (Phi) is 2.65. The molecule has 0 amide bonds. The molecule has 3 heterocycles. The predicted octanol–water partition coefficient (Wildman–Crippen LogP) is 2.40. The molecule has 1 saturated heterocycles. The molecule has 2 aromatic rings. The topological polar surface area (TPSA) is 78.9 Å². The lowest BCUT2D eigenvalue weighted by molar-refractivity contribution is -0.0175. The molecular weight excluding hydrogens is 278 g/mol. The molecule has 2 aliphatic rings. The van der Waals surface area contributed by atoms with Crippen LogP contribution in [0.3, 0.4) is 0 Å². The third-order valence-electron chi connectivity index (χ3n) is 4.54. The van der Waals surface area contributed by atoms with Crippen LogP contribution in [0, 0.1) is 11.8 Å². The van der Waals surface area contributed by atoms with Crippen LogP contribution in [0.2, 0.25) is 5.15 Å². The summed E-state index contributed by atoms with van der Waals surface area (Å²) in [6.45, 7) is 2.26. The van der Waals surface area contributed by atoms with Crippen LogP contribution >= 0.6 is 11.6 Å². The Balaban J connectivity index is 1.73. The number of ether oxygens (including phenoxy) is 1. The van der Waals surface area contributed by atoms with Crippen molar-refractivity contribution in [3.8, 4) is 0 Å². The van der Waals surface area contributed by atoms with Crippen molar-refractivity contribution in [2.24, 2.45) is 11.8 Å². The maximum absolute atomic E-state index is 6.21. The minimum Gasteiger partial charge on any atom is -0.368 e. The van der Waals surface area contributed by atoms with E-state index in [1.54, 1.807) is 6.33 Å². The van der Waals surface area contributed by atoms with E-state index in [0.717, 1.165) is 6.42 Å². The molecule has 2 N–H and O–H groups in total. The summed E-state index contributed by atoms with van der Waals surface area (Å²) in [6, 6.07) is 0. The van der Waals surface area contributed by atoms with Crippen LogP contribution in [0.25, 0.3) is 11.2 Å². The van der Waals surface area contributed by atoms with Crippen LogP contribution in [0.15, 0.2) is 6.33 Å². The number of aromatic nitrogens is 4. The summed E-state index contributed by atoms with van der Waals surface area (Å²) >= 11 is 6.05. The molecule has 106 valence electrons. The van der Waals surface area contributed by atoms with Gasteiger partial charge in [-0.25, -0.2) is 4.98 Å². The van der Waals surface area contributed by atoms with Crippen molar-refractivity contribution in [2.75, 3.05) is 5.73 Å². The standard InChI is InChI=1S/C13H16ClN5O/c1-6-2-3-7-4-8(20-10(6)7)19-5-16-9-11(14)17-13(15)18-12(9)19/h5-8,10H,2-4H2,1H3,(H2,15,17,18)/t6?,7-,8?,10?/m1/s1. The second-order valence-corrected chi connectivity index (χ2v) is 6.16. The zero-order chi connectivity index (χ0) is 13.9. The van der Waals surface area contributed by atoms with Crippen molar-refractivity contribution < 1.29 is 4.74 Å². The fourth-order valence-corrected chi connectivity index (χ4v) is 3.77. The van der Waals surface area contributed by atoms with E-state index in [1.165, 1.54) is 12.8 Å². The summed E-state index contributed by atoms with van der Waals surface area (Å²) in [4.78, 5) is 12.5. The smallest absolute Gasteiger partial charge is 0.223 e. The largest absolute Gasteiger partial charge is 0.368 e. The molecular formula is C13H16ClN5O. The normalized spacial score (nSPS) is 32.9. The molecule has 6 nitrogen and oxygen atoms in total. The Hall–Kier alpha value is -1.40. The monoisotopic (exact) mass is 293 g/mol. The van der Waals surface area contributed by atoms with Gasteiger partial charge in [-0.1, -0.05) is 18.5 Å². The molecule has 4 atom stereocenters. The average Bonchev–Trinajstić information content (AvgIpc) is 3.05. The van der Waals surface area contributed by atoms with Crippen molar-refractivity contribution in [2.45, 2.75) is 38.5 Å². The highest BCUT2D eigenvalue weighted by Crippen LogP contribution is 2.46. The molecule has 20 heavy (non-hydrogen) atoms. The third-order valence-corrected chi connectivity index (χ3v) is 4.81. The van der Waals surface area contributed by atoms with Gasteiger partial charge >= 0.3 is 0 Å². The Morgan fingerprint density at radius 2 is 2.25 bits per heavy atom. The molecule has 7 heteroatoms. The number of imidazole rings is 1. The summed E-state index contributed by atoms with van der Waals surface area (Å²) in [7, 11) is 0. The van der Waals surface area contributed by atoms with Crippen LogP contribution in [0.1, 0.15) is 32.4 Å². The van der Waals surface area contributed by atoms with Gasteiger partial charge < -0.3 is 10.5 Å². The molecule has 1 aliphatic carbocycles. The van der Waals surface area contributed by atoms with Gasteiger partial charge in [0, 0.05) is 0 Å². The van der Waals surface area contributed by atoms with E-state index in [0.29, 0.717) is 29.1 Å². The zero-order valence-electron chi connectivity index (χ0n) is 11.2. The maximum Gasteiger partial charge on any atom is 0.223 e. The Labute approximate surface area is 121 Å². The van der Waals surface area contributed by atoms with Gasteiger partial charge in [0.25, 0.3) is 0 Å². The molecule has 0 spiro atoms. The maximum atomic E-state index is 6.21. The molecule has 2 fully saturated rings. The van der Waals surface area contributed by atoms with Gasteiger partial charge in [0.2, 0.25) is 5.95 Å². The first kappa shape index (κ1) is 12.3. The molecule has 0 bridgehead atoms. The molecule has 1 aliphatic heterocycles. The molecule has 2 aromatic heterocycles. The highest BCUT2D eigenvalue weighted by molar-refractivity contribution is 6.33. The summed E-state index contributed by atoms with van der Waals surface area (Å²) in [6.07, 6.45) is 5.55. The van der Waals surface area contributed by atoms with Gasteiger partial charge in [0.15, 0.2) is 10.8 Å². The molecule has 1 saturated carbocycles. The summed E-state index contributed by atoms with van der Waals surface area (Å²) in [5, 5.41) is 0.290. The van der Waals surface area contributed by atoms with Crippen molar-refractivity contribution in [1.29, 1.82) is 0 Å². The molecule has 0 radical (unpaired) electrons. The fraction of sp³-hybridized carbons (Fsp3) is 0.615.